The van der Waals surface area contributed by atoms with Gasteiger partial charge in [0.1, 0.15) is 6.29 Å². The fraction of sp³-hybridized carbons (Fsp3) is 0.400. The van der Waals surface area contributed by atoms with Crippen molar-refractivity contribution in [2.45, 2.75) is 72.1 Å². The Balaban J connectivity index is 3.33. The van der Waals surface area contributed by atoms with Gasteiger partial charge in [-0.3, -0.25) is 14.9 Å². The van der Waals surface area contributed by atoms with E-state index in [4.69, 9.17) is 10.8 Å². The van der Waals surface area contributed by atoms with Crippen molar-refractivity contribution in [1.29, 1.82) is 5.26 Å². The third-order valence-corrected chi connectivity index (χ3v) is 7.28. The van der Waals surface area contributed by atoms with Crippen LogP contribution in [0.3, 0.4) is 0 Å². The molecule has 5 N–H and O–H groups in total. The van der Waals surface area contributed by atoms with Gasteiger partial charge in [-0.25, -0.2) is 0 Å². The first-order chi connectivity index (χ1) is 21.2. The number of unbranched alkanes of at least 4 members (excludes halogenated alkanes) is 1. The highest BCUT2D eigenvalue weighted by molar-refractivity contribution is 5.66. The Hall–Kier alpha value is -4.91. The van der Waals surface area contributed by atoms with Crippen LogP contribution in [-0.2, 0) is 15.0 Å². The fourth-order valence-electron chi connectivity index (χ4n) is 4.56. The lowest BCUT2D eigenvalue weighted by atomic mass is 9.78. The van der Waals surface area contributed by atoms with E-state index >= 15 is 0 Å². The van der Waals surface area contributed by atoms with Gasteiger partial charge in [0, 0.05) is 66.1 Å². The molecule has 0 aliphatic carbocycles. The van der Waals surface area contributed by atoms with Crippen LogP contribution in [-0.4, -0.2) is 35.4 Å². The number of nitrogens with one attached hydrogen (secondary N) is 2. The Morgan fingerprint density at radius 2 is 1.87 bits per heavy atom. The molecular formula is C35H47N5O5. The number of hydrogen-bond acceptors (Lipinski definition) is 8. The number of rotatable bonds is 20. The molecule has 10 nitrogen and oxygen atoms in total. The van der Waals surface area contributed by atoms with E-state index in [9.17, 15) is 25.0 Å². The van der Waals surface area contributed by atoms with Gasteiger partial charge in [-0.1, -0.05) is 52.5 Å². The average molecular weight is 618 g/mol. The SMILES string of the molecule is C=C(/C=C(N)\C=C/C)C(C)(C)\C(=C/C=C/C=C(\C#N)CC(C)(C)c1cc([N+](=O)[O-])ccc1NCCC=O)NCCCCC(=O)O. The Kier molecular flexibility index (Phi) is 15.8. The van der Waals surface area contributed by atoms with E-state index in [1.54, 1.807) is 24.3 Å². The third kappa shape index (κ3) is 13.1. The molecule has 0 heterocycles. The molecule has 0 aliphatic heterocycles. The van der Waals surface area contributed by atoms with Gasteiger partial charge in [0.15, 0.2) is 0 Å². The lowest BCUT2D eigenvalue weighted by Gasteiger charge is -2.30. The number of aliphatic carboxylic acids is 1. The normalized spacial score (nSPS) is 13.1. The number of nitriles is 1. The van der Waals surface area contributed by atoms with Gasteiger partial charge in [0.25, 0.3) is 5.69 Å². The quantitative estimate of drug-likeness (QED) is 0.0300. The molecule has 0 aliphatic rings. The minimum absolute atomic E-state index is 0.0546. The zero-order chi connectivity index (χ0) is 34.0. The van der Waals surface area contributed by atoms with Crippen molar-refractivity contribution in [3.8, 4) is 6.07 Å². The summed E-state index contributed by atoms with van der Waals surface area (Å²) in [4.78, 5) is 32.7. The van der Waals surface area contributed by atoms with Crippen LogP contribution in [0.1, 0.15) is 72.3 Å². The smallest absolute Gasteiger partial charge is 0.303 e. The maximum absolute atomic E-state index is 11.5. The number of carbonyl (C=O) groups excluding carboxylic acids is 1. The standard InChI is InChI=1S/C35H47N5O5/c1-7-13-28(37)22-26(2)35(5,6)32(39-19-11-10-16-33(42)43)15-9-8-14-27(25-36)24-34(3,4)30-23-29(40(44)45)17-18-31(30)38-20-12-21-41/h7-9,13-15,17-18,21-23,38-39H,2,10-12,16,19-20,24,37H2,1,3-6H3,(H,42,43)/b9-8+,13-7-,27-14-,28-22+,32-15+. The van der Waals surface area contributed by atoms with Crippen molar-refractivity contribution in [1.82, 2.24) is 5.32 Å². The number of nitro benzene ring substituents is 1. The van der Waals surface area contributed by atoms with Crippen molar-refractivity contribution in [2.24, 2.45) is 11.1 Å². The summed E-state index contributed by atoms with van der Waals surface area (Å²) in [5, 5.41) is 37.0. The molecule has 0 aromatic heterocycles. The number of non-ortho nitro benzene ring substituents is 1. The number of nitrogens with zero attached hydrogens (tertiary/aromatic N) is 2. The zero-order valence-corrected chi connectivity index (χ0v) is 27.1. The molecule has 0 amide bonds. The molecule has 10 heteroatoms. The van der Waals surface area contributed by atoms with Crippen LogP contribution in [0.15, 0.2) is 89.9 Å². The Morgan fingerprint density at radius 1 is 1.18 bits per heavy atom. The van der Waals surface area contributed by atoms with Crippen molar-refractivity contribution in [2.75, 3.05) is 18.4 Å². The third-order valence-electron chi connectivity index (χ3n) is 7.28. The van der Waals surface area contributed by atoms with E-state index in [-0.39, 0.29) is 12.1 Å². The summed E-state index contributed by atoms with van der Waals surface area (Å²) < 4.78 is 0. The lowest BCUT2D eigenvalue weighted by Crippen LogP contribution is -2.29. The summed E-state index contributed by atoms with van der Waals surface area (Å²) in [6.07, 6.45) is 15.4. The number of anilines is 1. The topological polar surface area (TPSA) is 171 Å². The van der Waals surface area contributed by atoms with Crippen molar-refractivity contribution < 1.29 is 19.6 Å². The molecule has 0 saturated heterocycles. The minimum atomic E-state index is -0.828. The first kappa shape index (κ1) is 38.1. The van der Waals surface area contributed by atoms with Crippen LogP contribution in [0.4, 0.5) is 11.4 Å². The monoisotopic (exact) mass is 617 g/mol. The molecule has 0 bridgehead atoms. The lowest BCUT2D eigenvalue weighted by molar-refractivity contribution is -0.384. The van der Waals surface area contributed by atoms with Gasteiger partial charge in [-0.15, -0.1) is 0 Å². The van der Waals surface area contributed by atoms with Gasteiger partial charge in [0.2, 0.25) is 0 Å². The summed E-state index contributed by atoms with van der Waals surface area (Å²) in [5.41, 5.74) is 8.86. The average Bonchev–Trinajstić information content (AvgIpc) is 2.97. The van der Waals surface area contributed by atoms with Gasteiger partial charge in [0.05, 0.1) is 11.0 Å². The second-order valence-electron chi connectivity index (χ2n) is 11.8. The highest BCUT2D eigenvalue weighted by Gasteiger charge is 2.28. The van der Waals surface area contributed by atoms with Crippen LogP contribution < -0.4 is 16.4 Å². The summed E-state index contributed by atoms with van der Waals surface area (Å²) in [7, 11) is 0. The van der Waals surface area contributed by atoms with Gasteiger partial charge in [-0.2, -0.15) is 5.26 Å². The molecule has 0 saturated carbocycles. The molecule has 1 rings (SSSR count). The molecule has 0 radical (unpaired) electrons. The maximum Gasteiger partial charge on any atom is 0.303 e. The molecule has 242 valence electrons. The maximum atomic E-state index is 11.5. The molecule has 0 unspecified atom stereocenters. The summed E-state index contributed by atoms with van der Waals surface area (Å²) in [5.74, 6) is -0.828. The molecule has 45 heavy (non-hydrogen) atoms. The van der Waals surface area contributed by atoms with Crippen molar-refractivity contribution in [3.05, 3.63) is 106 Å². The summed E-state index contributed by atoms with van der Waals surface area (Å²) in [6.45, 7) is 14.9. The Labute approximate surface area is 266 Å². The minimum Gasteiger partial charge on any atom is -0.481 e. The van der Waals surface area contributed by atoms with Crippen LogP contribution in [0, 0.1) is 26.9 Å². The molecule has 0 spiro atoms. The Bertz CT molecular complexity index is 1410. The number of aldehydes is 1. The first-order valence-corrected chi connectivity index (χ1v) is 14.9. The molecule has 0 fully saturated rings. The zero-order valence-electron chi connectivity index (χ0n) is 27.1. The second kappa shape index (κ2) is 18.7. The molecular weight excluding hydrogens is 570 g/mol. The van der Waals surface area contributed by atoms with E-state index < -0.39 is 21.7 Å². The van der Waals surface area contributed by atoms with Gasteiger partial charge >= 0.3 is 5.97 Å². The largest absolute Gasteiger partial charge is 0.481 e. The van der Waals surface area contributed by atoms with Crippen molar-refractivity contribution in [3.63, 3.8) is 0 Å². The van der Waals surface area contributed by atoms with Crippen LogP contribution >= 0.6 is 0 Å². The predicted molar refractivity (Wildman–Crippen MR) is 180 cm³/mol. The number of carbonyl (C=O) groups is 2. The molecule has 0 atom stereocenters. The predicted octanol–water partition coefficient (Wildman–Crippen LogP) is 7.00. The Morgan fingerprint density at radius 3 is 2.47 bits per heavy atom. The second-order valence-corrected chi connectivity index (χ2v) is 11.8. The van der Waals surface area contributed by atoms with Gasteiger partial charge < -0.3 is 26.3 Å². The first-order valence-electron chi connectivity index (χ1n) is 14.9. The summed E-state index contributed by atoms with van der Waals surface area (Å²) >= 11 is 0. The molecule has 1 aromatic carbocycles. The number of benzene rings is 1. The molecule has 1 aromatic rings. The van der Waals surface area contributed by atoms with Crippen LogP contribution in [0.25, 0.3) is 0 Å². The van der Waals surface area contributed by atoms with Gasteiger partial charge in [-0.05, 0) is 73.1 Å². The van der Waals surface area contributed by atoms with E-state index in [0.717, 1.165) is 17.6 Å². The van der Waals surface area contributed by atoms with E-state index in [1.165, 1.54) is 12.1 Å². The van der Waals surface area contributed by atoms with E-state index in [2.05, 4.69) is 23.3 Å². The fourth-order valence-corrected chi connectivity index (χ4v) is 4.56. The number of nitro groups is 1. The number of carboxylic acids is 1. The van der Waals surface area contributed by atoms with Crippen molar-refractivity contribution >= 4 is 23.6 Å². The number of nitrogens with two attached hydrogens (primary N) is 1. The number of carboxylic acid groups (broad SMARTS) is 1. The van der Waals surface area contributed by atoms with E-state index in [1.807, 2.05) is 58.9 Å². The number of hydrogen-bond donors (Lipinski definition) is 4. The van der Waals surface area contributed by atoms with Crippen LogP contribution in [0.5, 0.6) is 0 Å². The van der Waals surface area contributed by atoms with E-state index in [0.29, 0.717) is 61.3 Å². The highest BCUT2D eigenvalue weighted by atomic mass is 16.6. The highest BCUT2D eigenvalue weighted by Crippen LogP contribution is 2.38. The van der Waals surface area contributed by atoms with Crippen LogP contribution in [0.2, 0.25) is 0 Å². The summed E-state index contributed by atoms with van der Waals surface area (Å²) in [6, 6.07) is 6.81. The number of allylic oxidation sites excluding steroid dienone is 9.